The van der Waals surface area contributed by atoms with Crippen LogP contribution in [0.1, 0.15) is 11.1 Å². The van der Waals surface area contributed by atoms with Crippen LogP contribution in [-0.4, -0.2) is 0 Å². The van der Waals surface area contributed by atoms with Crippen LogP contribution in [0.3, 0.4) is 0 Å². The lowest BCUT2D eigenvalue weighted by Crippen LogP contribution is -1.70. The second-order valence-corrected chi connectivity index (χ2v) is 3.11. The van der Waals surface area contributed by atoms with Crippen molar-refractivity contribution in [2.24, 2.45) is 0 Å². The van der Waals surface area contributed by atoms with Gasteiger partial charge in [-0.2, -0.15) is 0 Å². The molecule has 2 rings (SSSR count). The first-order valence-corrected chi connectivity index (χ1v) is 4.16. The van der Waals surface area contributed by atoms with Gasteiger partial charge in [-0.3, -0.25) is 0 Å². The lowest BCUT2D eigenvalue weighted by atomic mass is 10.1. The Morgan fingerprint density at radius 2 is 1.75 bits per heavy atom. The van der Waals surface area contributed by atoms with E-state index in [9.17, 15) is 0 Å². The Kier molecular flexibility index (Phi) is 1.61. The molecule has 0 unspecified atom stereocenters. The highest BCUT2D eigenvalue weighted by molar-refractivity contribution is 5.71. The smallest absolute Gasteiger partial charge is 0.00642 e. The van der Waals surface area contributed by atoms with E-state index in [1.807, 2.05) is 6.07 Å². The van der Waals surface area contributed by atoms with Gasteiger partial charge in [0.1, 0.15) is 0 Å². The van der Waals surface area contributed by atoms with E-state index in [1.54, 1.807) is 0 Å². The fraction of sp³-hybridized carbons (Fsp3) is 0.167. The summed E-state index contributed by atoms with van der Waals surface area (Å²) in [6.45, 7) is 4.25. The second kappa shape index (κ2) is 2.63. The molecule has 0 saturated heterocycles. The molecule has 0 atom stereocenters. The van der Waals surface area contributed by atoms with E-state index in [2.05, 4.69) is 44.2 Å². The minimum atomic E-state index is 1.22. The SMILES string of the molecule is Cc1[c]c2cccccc-2c1C. The van der Waals surface area contributed by atoms with Crippen molar-refractivity contribution >= 4 is 0 Å². The van der Waals surface area contributed by atoms with E-state index < -0.39 is 0 Å². The quantitative estimate of drug-likeness (QED) is 0.548. The molecule has 0 aromatic rings. The van der Waals surface area contributed by atoms with E-state index in [0.717, 1.165) is 0 Å². The van der Waals surface area contributed by atoms with Crippen LogP contribution in [0.4, 0.5) is 0 Å². The Morgan fingerprint density at radius 3 is 2.58 bits per heavy atom. The zero-order chi connectivity index (χ0) is 8.55. The zero-order valence-electron chi connectivity index (χ0n) is 7.39. The average Bonchev–Trinajstić information content (AvgIpc) is 2.30. The van der Waals surface area contributed by atoms with Crippen molar-refractivity contribution in [1.82, 2.24) is 0 Å². The van der Waals surface area contributed by atoms with Crippen LogP contribution in [0.25, 0.3) is 11.1 Å². The van der Waals surface area contributed by atoms with Gasteiger partial charge < -0.3 is 0 Å². The lowest BCUT2D eigenvalue weighted by Gasteiger charge is -1.92. The van der Waals surface area contributed by atoms with E-state index in [-0.39, 0.29) is 0 Å². The monoisotopic (exact) mass is 155 g/mol. The molecular weight excluding hydrogens is 144 g/mol. The normalized spacial score (nSPS) is 10.5. The summed E-state index contributed by atoms with van der Waals surface area (Å²) in [7, 11) is 0. The maximum absolute atomic E-state index is 3.35. The molecule has 59 valence electrons. The number of fused-ring (bicyclic) bond motifs is 1. The van der Waals surface area contributed by atoms with Gasteiger partial charge in [0.05, 0.1) is 0 Å². The molecule has 0 saturated carbocycles. The van der Waals surface area contributed by atoms with Gasteiger partial charge in [-0.25, -0.2) is 0 Å². The highest BCUT2D eigenvalue weighted by Gasteiger charge is 2.07. The maximum Gasteiger partial charge on any atom is -0.00642 e. The van der Waals surface area contributed by atoms with Gasteiger partial charge in [0.15, 0.2) is 0 Å². The summed E-state index contributed by atoms with van der Waals surface area (Å²) in [5.74, 6) is 0. The maximum atomic E-state index is 3.35. The lowest BCUT2D eigenvalue weighted by molar-refractivity contribution is 1.41. The summed E-state index contributed by atoms with van der Waals surface area (Å²) in [5.41, 5.74) is 5.14. The van der Waals surface area contributed by atoms with Crippen LogP contribution in [0.5, 0.6) is 0 Å². The molecule has 0 aromatic carbocycles. The number of hydrogen-bond acceptors (Lipinski definition) is 0. The molecule has 0 aromatic heterocycles. The van der Waals surface area contributed by atoms with E-state index in [4.69, 9.17) is 0 Å². The molecule has 0 aliphatic heterocycles. The first-order chi connectivity index (χ1) is 5.79. The van der Waals surface area contributed by atoms with E-state index in [0.29, 0.717) is 0 Å². The summed E-state index contributed by atoms with van der Waals surface area (Å²) in [6, 6.07) is 13.8. The standard InChI is InChI=1S/C12H11/c1-9-8-11-6-4-3-5-7-12(11)10(9)2/h3-7H,1-2H3. The fourth-order valence-corrected chi connectivity index (χ4v) is 1.48. The Bertz CT molecular complexity index is 374. The van der Waals surface area contributed by atoms with Crippen molar-refractivity contribution in [3.8, 4) is 11.1 Å². The van der Waals surface area contributed by atoms with Gasteiger partial charge in [-0.1, -0.05) is 30.3 Å². The molecule has 0 bridgehead atoms. The van der Waals surface area contributed by atoms with Crippen molar-refractivity contribution in [2.45, 2.75) is 13.8 Å². The molecule has 0 N–H and O–H groups in total. The molecule has 12 heavy (non-hydrogen) atoms. The molecule has 0 fully saturated rings. The van der Waals surface area contributed by atoms with Crippen LogP contribution in [0, 0.1) is 19.9 Å². The van der Waals surface area contributed by atoms with E-state index in [1.165, 1.54) is 22.3 Å². The van der Waals surface area contributed by atoms with Crippen LogP contribution in [0.15, 0.2) is 30.3 Å². The molecule has 1 radical (unpaired) electrons. The van der Waals surface area contributed by atoms with Gasteiger partial charge >= 0.3 is 0 Å². The first kappa shape index (κ1) is 7.35. The van der Waals surface area contributed by atoms with Crippen molar-refractivity contribution in [1.29, 1.82) is 0 Å². The predicted molar refractivity (Wildman–Crippen MR) is 51.4 cm³/mol. The van der Waals surface area contributed by atoms with Crippen LogP contribution >= 0.6 is 0 Å². The third-order valence-corrected chi connectivity index (χ3v) is 2.33. The molecule has 2 aliphatic carbocycles. The minimum absolute atomic E-state index is 1.22. The molecule has 0 heteroatoms. The number of aryl methyl sites for hydroxylation is 1. The van der Waals surface area contributed by atoms with Crippen LogP contribution in [-0.2, 0) is 0 Å². The highest BCUT2D eigenvalue weighted by atomic mass is 14.1. The van der Waals surface area contributed by atoms with Gasteiger partial charge in [-0.15, -0.1) is 0 Å². The Balaban J connectivity index is 2.79. The Hall–Kier alpha value is -1.30. The average molecular weight is 155 g/mol. The number of rotatable bonds is 0. The fourth-order valence-electron chi connectivity index (χ4n) is 1.48. The van der Waals surface area contributed by atoms with Crippen molar-refractivity contribution < 1.29 is 0 Å². The summed E-state index contributed by atoms with van der Waals surface area (Å²) in [6.07, 6.45) is 0. The Labute approximate surface area is 73.2 Å². The van der Waals surface area contributed by atoms with E-state index >= 15 is 0 Å². The number of hydrogen-bond donors (Lipinski definition) is 0. The van der Waals surface area contributed by atoms with Gasteiger partial charge in [0.25, 0.3) is 0 Å². The summed E-state index contributed by atoms with van der Waals surface area (Å²) < 4.78 is 0. The molecule has 0 spiro atoms. The second-order valence-electron chi connectivity index (χ2n) is 3.11. The van der Waals surface area contributed by atoms with Gasteiger partial charge in [-0.05, 0) is 42.2 Å². The topological polar surface area (TPSA) is 0 Å². The van der Waals surface area contributed by atoms with Crippen molar-refractivity contribution in [3.05, 3.63) is 47.5 Å². The van der Waals surface area contributed by atoms with Crippen molar-refractivity contribution in [2.75, 3.05) is 0 Å². The summed E-state index contributed by atoms with van der Waals surface area (Å²) >= 11 is 0. The molecular formula is C12H11. The summed E-state index contributed by atoms with van der Waals surface area (Å²) in [4.78, 5) is 0. The van der Waals surface area contributed by atoms with Crippen LogP contribution < -0.4 is 0 Å². The predicted octanol–water partition coefficient (Wildman–Crippen LogP) is 3.21. The summed E-state index contributed by atoms with van der Waals surface area (Å²) in [5, 5.41) is 0. The molecule has 0 amide bonds. The zero-order valence-corrected chi connectivity index (χ0v) is 7.39. The van der Waals surface area contributed by atoms with Crippen LogP contribution in [0.2, 0.25) is 0 Å². The third kappa shape index (κ3) is 1.00. The molecule has 0 heterocycles. The van der Waals surface area contributed by atoms with Gasteiger partial charge in [0, 0.05) is 0 Å². The molecule has 2 aliphatic rings. The Morgan fingerprint density at radius 1 is 1.00 bits per heavy atom. The van der Waals surface area contributed by atoms with Gasteiger partial charge in [0.2, 0.25) is 0 Å². The highest BCUT2D eigenvalue weighted by Crippen LogP contribution is 2.28. The molecule has 0 nitrogen and oxygen atoms in total. The third-order valence-electron chi connectivity index (χ3n) is 2.33. The first-order valence-electron chi connectivity index (χ1n) is 4.16. The largest absolute Gasteiger partial charge is 0.0622 e. The van der Waals surface area contributed by atoms with Crippen molar-refractivity contribution in [3.63, 3.8) is 0 Å². The minimum Gasteiger partial charge on any atom is -0.0622 e.